The number of anilines is 2. The first kappa shape index (κ1) is 18.9. The second-order valence-corrected chi connectivity index (χ2v) is 7.04. The van der Waals surface area contributed by atoms with E-state index in [1.165, 1.54) is 25.4 Å². The van der Waals surface area contributed by atoms with Crippen LogP contribution in [-0.2, 0) is 4.79 Å². The summed E-state index contributed by atoms with van der Waals surface area (Å²) in [5.41, 5.74) is 2.24. The van der Waals surface area contributed by atoms with Gasteiger partial charge in [0.15, 0.2) is 0 Å². The molecule has 0 N–H and O–H groups in total. The maximum atomic E-state index is 14.5. The van der Waals surface area contributed by atoms with Gasteiger partial charge in [0.05, 0.1) is 16.9 Å². The lowest BCUT2D eigenvalue weighted by atomic mass is 10.0. The predicted molar refractivity (Wildman–Crippen MR) is 110 cm³/mol. The second kappa shape index (κ2) is 7.92. The molecule has 4 aromatic rings. The number of carbonyl (C=O) groups excluding carboxylic acids is 1. The van der Waals surface area contributed by atoms with Gasteiger partial charge in [-0.05, 0) is 30.3 Å². The van der Waals surface area contributed by atoms with Crippen molar-refractivity contribution in [3.05, 3.63) is 77.4 Å². The molecule has 0 fully saturated rings. The molecular weight excluding hydrogens is 439 g/mol. The summed E-state index contributed by atoms with van der Waals surface area (Å²) in [6.45, 7) is 1.33. The number of benzene rings is 2. The molecule has 8 heteroatoms. The molecule has 144 valence electrons. The number of halogens is 2. The normalized spacial score (nSPS) is 10.7. The summed E-state index contributed by atoms with van der Waals surface area (Å²) < 4.78 is 21.0. The summed E-state index contributed by atoms with van der Waals surface area (Å²) in [5.74, 6) is -0.907. The summed E-state index contributed by atoms with van der Waals surface area (Å²) in [6, 6.07) is 15.1. The van der Waals surface area contributed by atoms with E-state index in [9.17, 15) is 9.18 Å². The second-order valence-electron chi connectivity index (χ2n) is 6.12. The minimum Gasteiger partial charge on any atom is -0.336 e. The topological polar surface area (TPSA) is 72.1 Å². The van der Waals surface area contributed by atoms with Crippen LogP contribution in [0.2, 0.25) is 0 Å². The molecule has 0 saturated heterocycles. The van der Waals surface area contributed by atoms with Gasteiger partial charge in [-0.15, -0.1) is 0 Å². The Balaban J connectivity index is 1.99. The van der Waals surface area contributed by atoms with Crippen molar-refractivity contribution in [1.82, 2.24) is 15.1 Å². The van der Waals surface area contributed by atoms with Crippen LogP contribution in [-0.4, -0.2) is 21.0 Å². The fourth-order valence-electron chi connectivity index (χ4n) is 2.99. The van der Waals surface area contributed by atoms with Gasteiger partial charge < -0.3 is 4.52 Å². The van der Waals surface area contributed by atoms with Gasteiger partial charge in [-0.2, -0.15) is 0 Å². The SMILES string of the molecule is CC(=O)N(c1ccccc1F)c1onc(-c2cccc(Br)c2)c1-c1ccncn1. The molecule has 0 bridgehead atoms. The number of rotatable bonds is 4. The average Bonchev–Trinajstić information content (AvgIpc) is 3.15. The van der Waals surface area contributed by atoms with Crippen LogP contribution in [0.4, 0.5) is 16.0 Å². The Labute approximate surface area is 174 Å². The summed E-state index contributed by atoms with van der Waals surface area (Å²) in [5, 5.41) is 4.19. The molecule has 6 nitrogen and oxygen atoms in total. The largest absolute Gasteiger partial charge is 0.336 e. The molecule has 2 aromatic heterocycles. The van der Waals surface area contributed by atoms with Crippen LogP contribution in [0.5, 0.6) is 0 Å². The lowest BCUT2D eigenvalue weighted by Crippen LogP contribution is -2.24. The van der Waals surface area contributed by atoms with Crippen molar-refractivity contribution in [1.29, 1.82) is 0 Å². The van der Waals surface area contributed by atoms with Gasteiger partial charge in [0.2, 0.25) is 11.8 Å². The highest BCUT2D eigenvalue weighted by atomic mass is 79.9. The first-order valence-corrected chi connectivity index (χ1v) is 9.43. The third-order valence-corrected chi connectivity index (χ3v) is 4.71. The minimum absolute atomic E-state index is 0.0623. The fourth-order valence-corrected chi connectivity index (χ4v) is 3.39. The van der Waals surface area contributed by atoms with E-state index in [0.29, 0.717) is 17.0 Å². The van der Waals surface area contributed by atoms with Crippen LogP contribution in [0.3, 0.4) is 0 Å². The Hall–Kier alpha value is -3.39. The smallest absolute Gasteiger partial charge is 0.248 e. The van der Waals surface area contributed by atoms with Crippen molar-refractivity contribution < 1.29 is 13.7 Å². The molecule has 0 spiro atoms. The Morgan fingerprint density at radius 3 is 2.66 bits per heavy atom. The molecule has 0 saturated carbocycles. The molecule has 0 radical (unpaired) electrons. The summed E-state index contributed by atoms with van der Waals surface area (Å²) in [6.07, 6.45) is 2.96. The lowest BCUT2D eigenvalue weighted by molar-refractivity contribution is -0.116. The number of nitrogens with zero attached hydrogens (tertiary/aromatic N) is 4. The summed E-state index contributed by atoms with van der Waals surface area (Å²) in [4.78, 5) is 21.9. The molecule has 2 aromatic carbocycles. The van der Waals surface area contributed by atoms with E-state index in [1.54, 1.807) is 24.4 Å². The predicted octanol–water partition coefficient (Wildman–Crippen LogP) is 5.38. The Bertz CT molecular complexity index is 1180. The summed E-state index contributed by atoms with van der Waals surface area (Å²) in [7, 11) is 0. The standard InChI is InChI=1S/C21H14BrFN4O2/c1-13(28)27(18-8-3-2-7-16(18)23)21-19(17-9-10-24-12-25-17)20(26-29-21)14-5-4-6-15(22)11-14/h2-12H,1H3. The zero-order valence-corrected chi connectivity index (χ0v) is 16.8. The molecule has 0 atom stereocenters. The van der Waals surface area contributed by atoms with Crippen LogP contribution >= 0.6 is 15.9 Å². The van der Waals surface area contributed by atoms with Crippen molar-refractivity contribution in [3.8, 4) is 22.5 Å². The van der Waals surface area contributed by atoms with Gasteiger partial charge in [0.25, 0.3) is 0 Å². The monoisotopic (exact) mass is 452 g/mol. The molecule has 0 unspecified atom stereocenters. The number of amides is 1. The van der Waals surface area contributed by atoms with Gasteiger partial charge in [0, 0.05) is 23.2 Å². The maximum Gasteiger partial charge on any atom is 0.248 e. The van der Waals surface area contributed by atoms with Crippen LogP contribution < -0.4 is 4.90 Å². The van der Waals surface area contributed by atoms with E-state index in [0.717, 1.165) is 14.9 Å². The van der Waals surface area contributed by atoms with Gasteiger partial charge in [-0.1, -0.05) is 45.4 Å². The molecular formula is C21H14BrFN4O2. The number of aromatic nitrogens is 3. The Kier molecular flexibility index (Phi) is 5.18. The van der Waals surface area contributed by atoms with Crippen molar-refractivity contribution in [2.24, 2.45) is 0 Å². The number of carbonyl (C=O) groups is 1. The van der Waals surface area contributed by atoms with Gasteiger partial charge in [-0.25, -0.2) is 19.3 Å². The van der Waals surface area contributed by atoms with Crippen LogP contribution in [0.1, 0.15) is 6.92 Å². The zero-order chi connectivity index (χ0) is 20.4. The molecule has 0 aliphatic carbocycles. The van der Waals surface area contributed by atoms with Crippen molar-refractivity contribution >= 4 is 33.4 Å². The fraction of sp³-hybridized carbons (Fsp3) is 0.0476. The Morgan fingerprint density at radius 1 is 1.14 bits per heavy atom. The highest BCUT2D eigenvalue weighted by molar-refractivity contribution is 9.10. The number of hydrogen-bond donors (Lipinski definition) is 0. The van der Waals surface area contributed by atoms with Crippen LogP contribution in [0, 0.1) is 5.82 Å². The van der Waals surface area contributed by atoms with Crippen molar-refractivity contribution in [2.75, 3.05) is 4.90 Å². The van der Waals surface area contributed by atoms with E-state index >= 15 is 0 Å². The average molecular weight is 453 g/mol. The van der Waals surface area contributed by atoms with Gasteiger partial charge in [-0.3, -0.25) is 4.79 Å². The van der Waals surface area contributed by atoms with E-state index in [1.807, 2.05) is 24.3 Å². The highest BCUT2D eigenvalue weighted by Gasteiger charge is 2.29. The van der Waals surface area contributed by atoms with E-state index in [4.69, 9.17) is 4.52 Å². The van der Waals surface area contributed by atoms with E-state index < -0.39 is 11.7 Å². The lowest BCUT2D eigenvalue weighted by Gasteiger charge is -2.19. The zero-order valence-electron chi connectivity index (χ0n) is 15.2. The molecule has 2 heterocycles. The van der Waals surface area contributed by atoms with E-state index in [-0.39, 0.29) is 11.6 Å². The third kappa shape index (κ3) is 3.66. The molecule has 29 heavy (non-hydrogen) atoms. The van der Waals surface area contributed by atoms with Crippen molar-refractivity contribution in [3.63, 3.8) is 0 Å². The number of hydrogen-bond acceptors (Lipinski definition) is 5. The Morgan fingerprint density at radius 2 is 1.97 bits per heavy atom. The van der Waals surface area contributed by atoms with Crippen molar-refractivity contribution in [2.45, 2.75) is 6.92 Å². The first-order valence-electron chi connectivity index (χ1n) is 8.63. The molecule has 4 rings (SSSR count). The van der Waals surface area contributed by atoms with Crippen LogP contribution in [0.25, 0.3) is 22.5 Å². The minimum atomic E-state index is -0.559. The first-order chi connectivity index (χ1) is 14.1. The van der Waals surface area contributed by atoms with E-state index in [2.05, 4.69) is 31.1 Å². The van der Waals surface area contributed by atoms with Crippen LogP contribution in [0.15, 0.2) is 76.1 Å². The van der Waals surface area contributed by atoms with Gasteiger partial charge >= 0.3 is 0 Å². The molecule has 0 aliphatic rings. The molecule has 1 amide bonds. The number of para-hydroxylation sites is 1. The maximum absolute atomic E-state index is 14.5. The highest BCUT2D eigenvalue weighted by Crippen LogP contribution is 2.42. The summed E-state index contributed by atoms with van der Waals surface area (Å²) >= 11 is 3.45. The third-order valence-electron chi connectivity index (χ3n) is 4.22. The quantitative estimate of drug-likeness (QED) is 0.415. The molecule has 0 aliphatic heterocycles. The van der Waals surface area contributed by atoms with Gasteiger partial charge in [0.1, 0.15) is 17.8 Å².